The largest absolute Gasteiger partial charge is 0.310 e. The molecule has 0 fully saturated rings. The number of aromatic nitrogens is 3. The van der Waals surface area contributed by atoms with E-state index < -0.39 is 0 Å². The van der Waals surface area contributed by atoms with E-state index in [0.717, 1.165) is 39.2 Å². The van der Waals surface area contributed by atoms with Crippen molar-refractivity contribution in [3.05, 3.63) is 132 Å². The summed E-state index contributed by atoms with van der Waals surface area (Å²) in [6.45, 7) is 4.28. The molecule has 6 aromatic carbocycles. The maximum atomic E-state index is 4.93. The third-order valence-electron chi connectivity index (χ3n) is 7.26. The third-order valence-corrected chi connectivity index (χ3v) is 7.26. The molecule has 4 nitrogen and oxygen atoms in total. The Balaban J connectivity index is 1.42. The van der Waals surface area contributed by atoms with Crippen molar-refractivity contribution in [1.82, 2.24) is 15.0 Å². The van der Waals surface area contributed by atoms with Crippen LogP contribution in [0.3, 0.4) is 0 Å². The third kappa shape index (κ3) is 3.70. The Hall–Kier alpha value is -4.96. The molecule has 1 heterocycles. The fourth-order valence-electron chi connectivity index (χ4n) is 5.28. The Labute approximate surface area is 221 Å². The number of anilines is 3. The Morgan fingerprint density at radius 3 is 2.08 bits per heavy atom. The van der Waals surface area contributed by atoms with E-state index in [1.165, 1.54) is 27.3 Å². The van der Waals surface area contributed by atoms with Gasteiger partial charge in [0.1, 0.15) is 11.0 Å². The van der Waals surface area contributed by atoms with Crippen LogP contribution in [0.15, 0.2) is 121 Å². The van der Waals surface area contributed by atoms with Crippen molar-refractivity contribution < 1.29 is 0 Å². The lowest BCUT2D eigenvalue weighted by Crippen LogP contribution is -2.10. The van der Waals surface area contributed by atoms with E-state index in [-0.39, 0.29) is 0 Å². The van der Waals surface area contributed by atoms with E-state index in [2.05, 4.69) is 140 Å². The highest BCUT2D eigenvalue weighted by molar-refractivity contribution is 6.01. The van der Waals surface area contributed by atoms with Gasteiger partial charge < -0.3 is 4.90 Å². The molecule has 0 saturated heterocycles. The van der Waals surface area contributed by atoms with Gasteiger partial charge in [0.05, 0.1) is 11.4 Å². The molecular weight excluding hydrogens is 464 g/mol. The Bertz CT molecular complexity index is 1950. The quantitative estimate of drug-likeness (QED) is 0.247. The number of nitrogens with zero attached hydrogens (tertiary/aromatic N) is 4. The van der Waals surface area contributed by atoms with Crippen LogP contribution in [0.25, 0.3) is 38.3 Å². The molecule has 0 aliphatic heterocycles. The van der Waals surface area contributed by atoms with Crippen LogP contribution in [-0.2, 0) is 0 Å². The standard InChI is InChI=1S/C34H26N4/c1-23-14-17-26(18-15-23)37(33-21-16-24(2)28-10-5-6-12-30(28)33)27-19-20-31-32(22-27)36-38(35-31)34-13-7-9-25-8-3-4-11-29(25)34/h3-22H,1-2H3. The van der Waals surface area contributed by atoms with Crippen LogP contribution in [0.4, 0.5) is 17.1 Å². The van der Waals surface area contributed by atoms with Crippen LogP contribution in [0.2, 0.25) is 0 Å². The summed E-state index contributed by atoms with van der Waals surface area (Å²) in [4.78, 5) is 4.08. The normalized spacial score (nSPS) is 11.4. The van der Waals surface area contributed by atoms with Gasteiger partial charge in [-0.2, -0.15) is 0 Å². The number of hydrogen-bond acceptors (Lipinski definition) is 3. The zero-order chi connectivity index (χ0) is 25.6. The number of benzene rings is 6. The van der Waals surface area contributed by atoms with Crippen molar-refractivity contribution in [2.24, 2.45) is 0 Å². The average Bonchev–Trinajstić information content (AvgIpc) is 3.39. The summed E-state index contributed by atoms with van der Waals surface area (Å²) in [5.41, 5.74) is 8.46. The van der Waals surface area contributed by atoms with Crippen LogP contribution < -0.4 is 4.90 Å². The Morgan fingerprint density at radius 2 is 1.24 bits per heavy atom. The molecule has 182 valence electrons. The molecular formula is C34H26N4. The first-order chi connectivity index (χ1) is 18.7. The second-order valence-electron chi connectivity index (χ2n) is 9.78. The fourth-order valence-corrected chi connectivity index (χ4v) is 5.28. The van der Waals surface area contributed by atoms with E-state index in [1.54, 1.807) is 4.80 Å². The Kier molecular flexibility index (Phi) is 5.19. The summed E-state index contributed by atoms with van der Waals surface area (Å²) < 4.78 is 0. The molecule has 38 heavy (non-hydrogen) atoms. The first-order valence-corrected chi connectivity index (χ1v) is 12.9. The lowest BCUT2D eigenvalue weighted by molar-refractivity contribution is 0.771. The highest BCUT2D eigenvalue weighted by Gasteiger charge is 2.18. The van der Waals surface area contributed by atoms with Crippen molar-refractivity contribution in [3.63, 3.8) is 0 Å². The predicted octanol–water partition coefficient (Wildman–Crippen LogP) is 8.81. The van der Waals surface area contributed by atoms with E-state index in [4.69, 9.17) is 10.2 Å². The monoisotopic (exact) mass is 490 g/mol. The van der Waals surface area contributed by atoms with Crippen molar-refractivity contribution in [1.29, 1.82) is 0 Å². The van der Waals surface area contributed by atoms with Gasteiger partial charge in [0.25, 0.3) is 0 Å². The van der Waals surface area contributed by atoms with Gasteiger partial charge in [-0.1, -0.05) is 84.4 Å². The van der Waals surface area contributed by atoms with Gasteiger partial charge in [-0.25, -0.2) is 0 Å². The molecule has 0 aliphatic rings. The zero-order valence-corrected chi connectivity index (χ0v) is 21.3. The molecule has 0 atom stereocenters. The van der Waals surface area contributed by atoms with Gasteiger partial charge in [0.2, 0.25) is 0 Å². The van der Waals surface area contributed by atoms with Gasteiger partial charge >= 0.3 is 0 Å². The van der Waals surface area contributed by atoms with E-state index in [0.29, 0.717) is 0 Å². The van der Waals surface area contributed by atoms with Gasteiger partial charge in [-0.3, -0.25) is 0 Å². The first kappa shape index (κ1) is 22.3. The van der Waals surface area contributed by atoms with Crippen LogP contribution in [0.1, 0.15) is 11.1 Å². The minimum Gasteiger partial charge on any atom is -0.310 e. The lowest BCUT2D eigenvalue weighted by Gasteiger charge is -2.27. The maximum absolute atomic E-state index is 4.93. The number of fused-ring (bicyclic) bond motifs is 3. The Morgan fingerprint density at radius 1 is 0.553 bits per heavy atom. The summed E-state index contributed by atoms with van der Waals surface area (Å²) >= 11 is 0. The van der Waals surface area contributed by atoms with Crippen molar-refractivity contribution in [2.45, 2.75) is 13.8 Å². The first-order valence-electron chi connectivity index (χ1n) is 12.9. The summed E-state index contributed by atoms with van der Waals surface area (Å²) in [5.74, 6) is 0. The average molecular weight is 491 g/mol. The summed E-state index contributed by atoms with van der Waals surface area (Å²) in [6, 6.07) is 42.6. The zero-order valence-electron chi connectivity index (χ0n) is 21.3. The summed E-state index contributed by atoms with van der Waals surface area (Å²) in [5, 5.41) is 14.5. The molecule has 7 rings (SSSR count). The number of hydrogen-bond donors (Lipinski definition) is 0. The van der Waals surface area contributed by atoms with Crippen LogP contribution in [0.5, 0.6) is 0 Å². The van der Waals surface area contributed by atoms with E-state index in [9.17, 15) is 0 Å². The maximum Gasteiger partial charge on any atom is 0.115 e. The number of rotatable bonds is 4. The molecule has 0 radical (unpaired) electrons. The van der Waals surface area contributed by atoms with Gasteiger partial charge in [-0.15, -0.1) is 15.0 Å². The lowest BCUT2D eigenvalue weighted by atomic mass is 10.0. The molecule has 0 unspecified atom stereocenters. The highest BCUT2D eigenvalue weighted by atomic mass is 15.5. The second kappa shape index (κ2) is 8.86. The smallest absolute Gasteiger partial charge is 0.115 e. The van der Waals surface area contributed by atoms with E-state index >= 15 is 0 Å². The molecule has 0 aliphatic carbocycles. The predicted molar refractivity (Wildman–Crippen MR) is 158 cm³/mol. The minimum atomic E-state index is 0.851. The molecule has 0 bridgehead atoms. The minimum absolute atomic E-state index is 0.851. The van der Waals surface area contributed by atoms with Gasteiger partial charge in [0.15, 0.2) is 0 Å². The van der Waals surface area contributed by atoms with Crippen molar-refractivity contribution in [3.8, 4) is 5.69 Å². The molecule has 0 saturated carbocycles. The molecule has 4 heteroatoms. The van der Waals surface area contributed by atoms with Crippen molar-refractivity contribution >= 4 is 49.6 Å². The SMILES string of the molecule is Cc1ccc(N(c2ccc3nn(-c4cccc5ccccc45)nc3c2)c2ccc(C)c3ccccc23)cc1. The molecule has 7 aromatic rings. The molecule has 0 spiro atoms. The molecule has 0 amide bonds. The van der Waals surface area contributed by atoms with Crippen LogP contribution in [0, 0.1) is 13.8 Å². The summed E-state index contributed by atoms with van der Waals surface area (Å²) in [7, 11) is 0. The van der Waals surface area contributed by atoms with E-state index in [1.807, 2.05) is 0 Å². The molecule has 1 aromatic heterocycles. The second-order valence-corrected chi connectivity index (χ2v) is 9.78. The topological polar surface area (TPSA) is 34.0 Å². The number of aryl methyl sites for hydroxylation is 2. The summed E-state index contributed by atoms with van der Waals surface area (Å²) in [6.07, 6.45) is 0. The highest BCUT2D eigenvalue weighted by Crippen LogP contribution is 2.40. The van der Waals surface area contributed by atoms with Gasteiger partial charge in [0, 0.05) is 22.1 Å². The fraction of sp³-hybridized carbons (Fsp3) is 0.0588. The van der Waals surface area contributed by atoms with Crippen LogP contribution in [-0.4, -0.2) is 15.0 Å². The van der Waals surface area contributed by atoms with Crippen LogP contribution >= 0.6 is 0 Å². The van der Waals surface area contributed by atoms with Crippen molar-refractivity contribution in [2.75, 3.05) is 4.90 Å². The molecule has 0 N–H and O–H groups in total. The van der Waals surface area contributed by atoms with Gasteiger partial charge in [-0.05, 0) is 72.6 Å².